The van der Waals surface area contributed by atoms with Gasteiger partial charge in [0.1, 0.15) is 5.75 Å². The van der Waals surface area contributed by atoms with Crippen LogP contribution in [0.15, 0.2) is 30.4 Å². The van der Waals surface area contributed by atoms with E-state index in [9.17, 15) is 9.90 Å². The van der Waals surface area contributed by atoms with Crippen LogP contribution in [0.1, 0.15) is 58.4 Å². The van der Waals surface area contributed by atoms with Crippen LogP contribution in [0.4, 0.5) is 5.69 Å². The first-order valence-corrected chi connectivity index (χ1v) is 9.51. The zero-order valence-electron chi connectivity index (χ0n) is 15.8. The van der Waals surface area contributed by atoms with Gasteiger partial charge in [-0.15, -0.1) is 0 Å². The molecule has 3 nitrogen and oxygen atoms in total. The molecule has 4 atom stereocenters. The summed E-state index contributed by atoms with van der Waals surface area (Å²) < 4.78 is 0. The number of hydrogen-bond donors (Lipinski definition) is 2. The second-order valence-electron chi connectivity index (χ2n) is 8.69. The number of phenols is 1. The second kappa shape index (κ2) is 6.51. The Balaban J connectivity index is 1.97. The molecule has 0 bridgehead atoms. The number of nitrogens with one attached hydrogen (secondary N) is 1. The van der Waals surface area contributed by atoms with Gasteiger partial charge < -0.3 is 10.4 Å². The Kier molecular flexibility index (Phi) is 4.70. The first-order chi connectivity index (χ1) is 11.8. The highest BCUT2D eigenvalue weighted by atomic mass is 16.3. The molecular formula is C22H31NO2. The second-order valence-corrected chi connectivity index (χ2v) is 8.69. The van der Waals surface area contributed by atoms with Crippen LogP contribution in [0.3, 0.4) is 0 Å². The van der Waals surface area contributed by atoms with Gasteiger partial charge in [0.2, 0.25) is 6.41 Å². The summed E-state index contributed by atoms with van der Waals surface area (Å²) in [4.78, 5) is 10.8. The lowest BCUT2D eigenvalue weighted by molar-refractivity contribution is -0.105. The molecule has 2 aliphatic carbocycles. The largest absolute Gasteiger partial charge is 0.508 e. The fourth-order valence-electron chi connectivity index (χ4n) is 5.56. The van der Waals surface area contributed by atoms with Crippen LogP contribution in [0, 0.1) is 22.7 Å². The Morgan fingerprint density at radius 3 is 2.84 bits per heavy atom. The van der Waals surface area contributed by atoms with E-state index in [0.717, 1.165) is 24.1 Å². The zero-order chi connectivity index (χ0) is 18.2. The lowest BCUT2D eigenvalue weighted by Gasteiger charge is -2.59. The summed E-state index contributed by atoms with van der Waals surface area (Å²) in [5, 5.41) is 13.1. The number of anilines is 1. The fraction of sp³-hybridized carbons (Fsp3) is 0.591. The van der Waals surface area contributed by atoms with Gasteiger partial charge in [-0.3, -0.25) is 4.79 Å². The van der Waals surface area contributed by atoms with Crippen molar-refractivity contribution in [1.82, 2.24) is 0 Å². The van der Waals surface area contributed by atoms with Crippen LogP contribution in [-0.2, 0) is 11.2 Å². The SMILES string of the molecule is C=C1CCC[C@H]2[C@](C)(Cc3cc(NC=O)ccc3O)[C@@H](C)CC[C@]12C. The smallest absolute Gasteiger partial charge is 0.211 e. The molecule has 2 fully saturated rings. The maximum Gasteiger partial charge on any atom is 0.211 e. The molecule has 1 aromatic rings. The number of carbonyl (C=O) groups excluding carboxylic acids is 1. The predicted molar refractivity (Wildman–Crippen MR) is 103 cm³/mol. The maximum atomic E-state index is 10.8. The molecule has 2 N–H and O–H groups in total. The van der Waals surface area contributed by atoms with E-state index in [1.165, 1.54) is 31.3 Å². The Morgan fingerprint density at radius 2 is 2.12 bits per heavy atom. The van der Waals surface area contributed by atoms with Gasteiger partial charge in [0.15, 0.2) is 0 Å². The Labute approximate surface area is 151 Å². The van der Waals surface area contributed by atoms with Gasteiger partial charge in [-0.05, 0) is 85.0 Å². The molecule has 3 rings (SSSR count). The number of hydrogen-bond acceptors (Lipinski definition) is 2. The molecule has 0 aliphatic heterocycles. The lowest BCUT2D eigenvalue weighted by Crippen LogP contribution is -2.51. The molecule has 0 heterocycles. The molecule has 0 aromatic heterocycles. The highest BCUT2D eigenvalue weighted by molar-refractivity contribution is 5.72. The minimum atomic E-state index is 0.119. The van der Waals surface area contributed by atoms with E-state index in [1.807, 2.05) is 6.07 Å². The molecule has 0 radical (unpaired) electrons. The summed E-state index contributed by atoms with van der Waals surface area (Å²) in [6, 6.07) is 5.36. The minimum absolute atomic E-state index is 0.119. The normalized spacial score (nSPS) is 35.1. The third-order valence-corrected chi connectivity index (χ3v) is 7.44. The summed E-state index contributed by atoms with van der Waals surface area (Å²) >= 11 is 0. The fourth-order valence-corrected chi connectivity index (χ4v) is 5.56. The number of phenolic OH excluding ortho intramolecular Hbond substituents is 1. The molecule has 2 aliphatic rings. The summed E-state index contributed by atoms with van der Waals surface area (Å²) in [6.45, 7) is 11.6. The highest BCUT2D eigenvalue weighted by Gasteiger charge is 2.53. The van der Waals surface area contributed by atoms with E-state index in [1.54, 1.807) is 12.1 Å². The monoisotopic (exact) mass is 341 g/mol. The molecular weight excluding hydrogens is 310 g/mol. The quantitative estimate of drug-likeness (QED) is 0.443. The van der Waals surface area contributed by atoms with Gasteiger partial charge in [-0.1, -0.05) is 32.9 Å². The molecule has 0 unspecified atom stereocenters. The van der Waals surface area contributed by atoms with Crippen LogP contribution in [-0.4, -0.2) is 11.5 Å². The van der Waals surface area contributed by atoms with Crippen molar-refractivity contribution >= 4 is 12.1 Å². The topological polar surface area (TPSA) is 49.3 Å². The van der Waals surface area contributed by atoms with Crippen LogP contribution >= 0.6 is 0 Å². The number of rotatable bonds is 4. The average molecular weight is 341 g/mol. The average Bonchev–Trinajstić information content (AvgIpc) is 2.57. The Morgan fingerprint density at radius 1 is 1.36 bits per heavy atom. The zero-order valence-corrected chi connectivity index (χ0v) is 15.8. The van der Waals surface area contributed by atoms with E-state index in [2.05, 4.69) is 32.7 Å². The van der Waals surface area contributed by atoms with E-state index < -0.39 is 0 Å². The molecule has 0 saturated heterocycles. The van der Waals surface area contributed by atoms with Crippen molar-refractivity contribution in [1.29, 1.82) is 0 Å². The van der Waals surface area contributed by atoms with Gasteiger partial charge in [-0.2, -0.15) is 0 Å². The van der Waals surface area contributed by atoms with Gasteiger partial charge in [0.05, 0.1) is 0 Å². The summed E-state index contributed by atoms with van der Waals surface area (Å²) in [5.41, 5.74) is 3.43. The van der Waals surface area contributed by atoms with Crippen molar-refractivity contribution in [3.8, 4) is 5.75 Å². The number of fused-ring (bicyclic) bond motifs is 1. The number of carbonyl (C=O) groups is 1. The molecule has 25 heavy (non-hydrogen) atoms. The predicted octanol–water partition coefficient (Wildman–Crippen LogP) is 5.30. The van der Waals surface area contributed by atoms with Crippen molar-refractivity contribution < 1.29 is 9.90 Å². The Hall–Kier alpha value is -1.77. The maximum absolute atomic E-state index is 10.8. The van der Waals surface area contributed by atoms with Crippen molar-refractivity contribution in [3.05, 3.63) is 35.9 Å². The minimum Gasteiger partial charge on any atom is -0.508 e. The summed E-state index contributed by atoms with van der Waals surface area (Å²) in [5.74, 6) is 1.51. The van der Waals surface area contributed by atoms with Crippen molar-refractivity contribution in [2.75, 3.05) is 5.32 Å². The van der Waals surface area contributed by atoms with Gasteiger partial charge >= 0.3 is 0 Å². The number of allylic oxidation sites excluding steroid dienone is 1. The Bertz CT molecular complexity index is 683. The first-order valence-electron chi connectivity index (χ1n) is 9.51. The number of benzene rings is 1. The number of amides is 1. The molecule has 0 spiro atoms. The summed E-state index contributed by atoms with van der Waals surface area (Å²) in [7, 11) is 0. The van der Waals surface area contributed by atoms with Gasteiger partial charge in [0.25, 0.3) is 0 Å². The van der Waals surface area contributed by atoms with Crippen LogP contribution in [0.2, 0.25) is 0 Å². The molecule has 136 valence electrons. The first kappa shape index (κ1) is 18.0. The third-order valence-electron chi connectivity index (χ3n) is 7.44. The van der Waals surface area contributed by atoms with E-state index in [4.69, 9.17) is 0 Å². The molecule has 3 heteroatoms. The van der Waals surface area contributed by atoms with E-state index >= 15 is 0 Å². The lowest BCUT2D eigenvalue weighted by atomic mass is 9.46. The van der Waals surface area contributed by atoms with Crippen LogP contribution in [0.5, 0.6) is 5.75 Å². The van der Waals surface area contributed by atoms with Crippen LogP contribution in [0.25, 0.3) is 0 Å². The van der Waals surface area contributed by atoms with Crippen molar-refractivity contribution in [3.63, 3.8) is 0 Å². The van der Waals surface area contributed by atoms with Crippen LogP contribution < -0.4 is 5.32 Å². The molecule has 1 aromatic carbocycles. The molecule has 1 amide bonds. The van der Waals surface area contributed by atoms with Gasteiger partial charge in [0, 0.05) is 5.69 Å². The standard InChI is InChI=1S/C22H31NO2/c1-15-6-5-7-20-21(15,3)11-10-16(2)22(20,4)13-17-12-18(23-14-24)8-9-19(17)25/h8-9,12,14,16,20,25H,1,5-7,10-11,13H2,2-4H3,(H,23,24)/t16-,20+,21+,22+/m0/s1. The molecule has 2 saturated carbocycles. The van der Waals surface area contributed by atoms with E-state index in [-0.39, 0.29) is 10.8 Å². The van der Waals surface area contributed by atoms with E-state index in [0.29, 0.717) is 24.0 Å². The van der Waals surface area contributed by atoms with Gasteiger partial charge in [-0.25, -0.2) is 0 Å². The van der Waals surface area contributed by atoms with Crippen molar-refractivity contribution in [2.24, 2.45) is 22.7 Å². The number of aromatic hydroxyl groups is 1. The highest BCUT2D eigenvalue weighted by Crippen LogP contribution is 2.62. The van der Waals surface area contributed by atoms with Crippen molar-refractivity contribution in [2.45, 2.75) is 59.3 Å². The summed E-state index contributed by atoms with van der Waals surface area (Å²) in [6.07, 6.45) is 7.57. The third kappa shape index (κ3) is 2.98.